The van der Waals surface area contributed by atoms with Crippen LogP contribution in [0.2, 0.25) is 0 Å². The summed E-state index contributed by atoms with van der Waals surface area (Å²) in [5.74, 6) is -0.569. The molecule has 0 bridgehead atoms. The van der Waals surface area contributed by atoms with E-state index in [1.54, 1.807) is 57.2 Å². The van der Waals surface area contributed by atoms with Crippen molar-refractivity contribution in [3.05, 3.63) is 70.5 Å². The van der Waals surface area contributed by atoms with Crippen molar-refractivity contribution in [2.75, 3.05) is 5.32 Å². The number of aromatic nitrogens is 1. The van der Waals surface area contributed by atoms with Gasteiger partial charge in [-0.1, -0.05) is 30.3 Å². The summed E-state index contributed by atoms with van der Waals surface area (Å²) in [7, 11) is -3.86. The number of fused-ring (bicyclic) bond motifs is 1. The van der Waals surface area contributed by atoms with Gasteiger partial charge in [0.25, 0.3) is 5.91 Å². The van der Waals surface area contributed by atoms with Crippen molar-refractivity contribution in [1.82, 2.24) is 9.71 Å². The van der Waals surface area contributed by atoms with Crippen molar-refractivity contribution >= 4 is 32.5 Å². The molecule has 0 unspecified atom stereocenters. The van der Waals surface area contributed by atoms with Crippen molar-refractivity contribution in [2.24, 2.45) is 0 Å². The van der Waals surface area contributed by atoms with Gasteiger partial charge in [-0.05, 0) is 39.0 Å². The van der Waals surface area contributed by atoms with Crippen molar-refractivity contribution < 1.29 is 13.2 Å². The molecule has 146 valence electrons. The number of hydrogen-bond acceptors (Lipinski definition) is 4. The predicted octanol–water partition coefficient (Wildman–Crippen LogP) is 2.86. The molecule has 7 nitrogen and oxygen atoms in total. The molecule has 0 saturated heterocycles. The Kier molecular flexibility index (Phi) is 5.10. The Bertz CT molecular complexity index is 1210. The highest BCUT2D eigenvalue weighted by molar-refractivity contribution is 7.89. The second-order valence-electron chi connectivity index (χ2n) is 7.40. The monoisotopic (exact) mass is 399 g/mol. The summed E-state index contributed by atoms with van der Waals surface area (Å²) < 4.78 is 28.0. The maximum Gasteiger partial charge on any atom is 0.256 e. The third-order valence-electron chi connectivity index (χ3n) is 3.86. The zero-order valence-electron chi connectivity index (χ0n) is 15.7. The van der Waals surface area contributed by atoms with Crippen molar-refractivity contribution in [3.63, 3.8) is 0 Å². The van der Waals surface area contributed by atoms with Crippen LogP contribution in [0, 0.1) is 0 Å². The third kappa shape index (κ3) is 4.29. The first-order valence-corrected chi connectivity index (χ1v) is 10.1. The lowest BCUT2D eigenvalue weighted by atomic mass is 10.1. The lowest BCUT2D eigenvalue weighted by Gasteiger charge is -2.21. The largest absolute Gasteiger partial charge is 0.322 e. The lowest BCUT2D eigenvalue weighted by molar-refractivity contribution is 0.102. The Labute approximate surface area is 162 Å². The van der Waals surface area contributed by atoms with Crippen LogP contribution in [0.1, 0.15) is 31.1 Å². The fourth-order valence-corrected chi connectivity index (χ4v) is 4.43. The second-order valence-corrected chi connectivity index (χ2v) is 9.05. The lowest BCUT2D eigenvalue weighted by Crippen LogP contribution is -2.40. The number of pyridine rings is 1. The molecule has 3 N–H and O–H groups in total. The van der Waals surface area contributed by atoms with E-state index in [0.29, 0.717) is 10.9 Å². The minimum absolute atomic E-state index is 0.0487. The van der Waals surface area contributed by atoms with E-state index in [-0.39, 0.29) is 16.1 Å². The summed E-state index contributed by atoms with van der Waals surface area (Å²) in [5.41, 5.74) is -0.280. The molecule has 0 spiro atoms. The summed E-state index contributed by atoms with van der Waals surface area (Å²) in [4.78, 5) is 27.4. The van der Waals surface area contributed by atoms with Gasteiger partial charge in [0, 0.05) is 22.5 Å². The van der Waals surface area contributed by atoms with E-state index >= 15 is 0 Å². The van der Waals surface area contributed by atoms with Crippen molar-refractivity contribution in [2.45, 2.75) is 31.2 Å². The molecule has 2 aromatic carbocycles. The Balaban J connectivity index is 2.03. The van der Waals surface area contributed by atoms with Crippen LogP contribution in [0.25, 0.3) is 10.9 Å². The quantitative estimate of drug-likeness (QED) is 0.627. The van der Waals surface area contributed by atoms with Crippen LogP contribution in [0.4, 0.5) is 5.69 Å². The summed E-state index contributed by atoms with van der Waals surface area (Å²) in [6.07, 6.45) is 0. The van der Waals surface area contributed by atoms with E-state index in [1.807, 2.05) is 0 Å². The van der Waals surface area contributed by atoms with E-state index in [9.17, 15) is 18.0 Å². The number of amides is 1. The predicted molar refractivity (Wildman–Crippen MR) is 109 cm³/mol. The molecule has 0 saturated carbocycles. The van der Waals surface area contributed by atoms with Crippen LogP contribution >= 0.6 is 0 Å². The van der Waals surface area contributed by atoms with Gasteiger partial charge in [-0.15, -0.1) is 0 Å². The fourth-order valence-electron chi connectivity index (χ4n) is 2.84. The van der Waals surface area contributed by atoms with E-state index in [4.69, 9.17) is 0 Å². The van der Waals surface area contributed by atoms with Gasteiger partial charge in [-0.25, -0.2) is 13.1 Å². The maximum atomic E-state index is 12.9. The number of hydrogen-bond donors (Lipinski definition) is 3. The molecular formula is C20H21N3O4S. The third-order valence-corrected chi connectivity index (χ3v) is 5.68. The molecule has 0 atom stereocenters. The Morgan fingerprint density at radius 3 is 2.36 bits per heavy atom. The number of anilines is 1. The highest BCUT2D eigenvalue weighted by Crippen LogP contribution is 2.24. The van der Waals surface area contributed by atoms with Gasteiger partial charge in [0.15, 0.2) is 0 Å². The first kappa shape index (κ1) is 19.8. The Morgan fingerprint density at radius 2 is 1.64 bits per heavy atom. The zero-order valence-corrected chi connectivity index (χ0v) is 16.6. The van der Waals surface area contributed by atoms with Crippen molar-refractivity contribution in [3.8, 4) is 0 Å². The number of carbonyl (C=O) groups excluding carboxylic acids is 1. The number of nitrogens with one attached hydrogen (secondary N) is 3. The van der Waals surface area contributed by atoms with Gasteiger partial charge in [0.1, 0.15) is 4.90 Å². The SMILES string of the molecule is CC(C)(C)NS(=O)(=O)c1ccccc1NC(=O)c1cc(=O)[nH]c2ccccc12. The molecule has 1 aromatic heterocycles. The minimum atomic E-state index is -3.86. The van der Waals surface area contributed by atoms with Gasteiger partial charge in [-0.2, -0.15) is 0 Å². The molecule has 3 rings (SSSR count). The molecule has 8 heteroatoms. The molecule has 28 heavy (non-hydrogen) atoms. The highest BCUT2D eigenvalue weighted by Gasteiger charge is 2.25. The van der Waals surface area contributed by atoms with Crippen LogP contribution in [0.5, 0.6) is 0 Å². The number of H-pyrrole nitrogens is 1. The van der Waals surface area contributed by atoms with E-state index in [0.717, 1.165) is 0 Å². The molecule has 1 heterocycles. The number of benzene rings is 2. The Morgan fingerprint density at radius 1 is 1.00 bits per heavy atom. The van der Waals surface area contributed by atoms with Gasteiger partial charge in [0.2, 0.25) is 15.6 Å². The second kappa shape index (κ2) is 7.21. The first-order valence-electron chi connectivity index (χ1n) is 8.63. The molecule has 0 fully saturated rings. The maximum absolute atomic E-state index is 12.9. The summed E-state index contributed by atoms with van der Waals surface area (Å²) in [6.45, 7) is 5.19. The van der Waals surface area contributed by atoms with Crippen LogP contribution < -0.4 is 15.6 Å². The van der Waals surface area contributed by atoms with Crippen LogP contribution in [-0.4, -0.2) is 24.8 Å². The molecule has 3 aromatic rings. The number of rotatable bonds is 4. The van der Waals surface area contributed by atoms with E-state index in [1.165, 1.54) is 18.2 Å². The smallest absolute Gasteiger partial charge is 0.256 e. The molecule has 0 aliphatic heterocycles. The van der Waals surface area contributed by atoms with Gasteiger partial charge in [-0.3, -0.25) is 9.59 Å². The molecule has 1 amide bonds. The van der Waals surface area contributed by atoms with Gasteiger partial charge in [0.05, 0.1) is 11.3 Å². The number of aromatic amines is 1. The summed E-state index contributed by atoms with van der Waals surface area (Å²) >= 11 is 0. The van der Waals surface area contributed by atoms with Crippen LogP contribution in [-0.2, 0) is 10.0 Å². The number of sulfonamides is 1. The fraction of sp³-hybridized carbons (Fsp3) is 0.200. The molecule has 0 aliphatic rings. The zero-order chi connectivity index (χ0) is 20.5. The summed E-state index contributed by atoms with van der Waals surface area (Å²) in [6, 6.07) is 14.2. The normalized spacial score (nSPS) is 12.1. The van der Waals surface area contributed by atoms with Crippen molar-refractivity contribution in [1.29, 1.82) is 0 Å². The van der Waals surface area contributed by atoms with Crippen LogP contribution in [0.3, 0.4) is 0 Å². The average molecular weight is 399 g/mol. The summed E-state index contributed by atoms with van der Waals surface area (Å²) in [5, 5.41) is 3.19. The standard InChI is InChI=1S/C20H21N3O4S/c1-20(2,3)23-28(26,27)17-11-7-6-10-16(17)22-19(25)14-12-18(24)21-15-9-5-4-8-13(14)15/h4-12,23H,1-3H3,(H,21,24)(H,22,25). The van der Waals surface area contributed by atoms with E-state index < -0.39 is 27.0 Å². The first-order chi connectivity index (χ1) is 13.1. The van der Waals surface area contributed by atoms with Crippen LogP contribution in [0.15, 0.2) is 64.3 Å². The van der Waals surface area contributed by atoms with E-state index in [2.05, 4.69) is 15.0 Å². The topological polar surface area (TPSA) is 108 Å². The molecule has 0 aliphatic carbocycles. The Hall–Kier alpha value is -2.97. The number of carbonyl (C=O) groups is 1. The van der Waals surface area contributed by atoms with Gasteiger partial charge < -0.3 is 10.3 Å². The number of para-hydroxylation sites is 2. The average Bonchev–Trinajstić information content (AvgIpc) is 2.59. The van der Waals surface area contributed by atoms with Gasteiger partial charge >= 0.3 is 0 Å². The molecule has 0 radical (unpaired) electrons. The molecular weight excluding hydrogens is 378 g/mol. The minimum Gasteiger partial charge on any atom is -0.322 e. The highest BCUT2D eigenvalue weighted by atomic mass is 32.2.